The van der Waals surface area contributed by atoms with Gasteiger partial charge in [0.25, 0.3) is 0 Å². The molecule has 1 aromatic rings. The predicted octanol–water partition coefficient (Wildman–Crippen LogP) is 2.00. The molecule has 0 saturated carbocycles. The monoisotopic (exact) mass is 381 g/mol. The van der Waals surface area contributed by atoms with Gasteiger partial charge >= 0.3 is 0 Å². The molecule has 142 valence electrons. The van der Waals surface area contributed by atoms with Gasteiger partial charge in [0.05, 0.1) is 12.8 Å². The van der Waals surface area contributed by atoms with Crippen molar-refractivity contribution in [1.29, 1.82) is 0 Å². The Morgan fingerprint density at radius 2 is 1.69 bits per heavy atom. The molecule has 26 heavy (non-hydrogen) atoms. The number of hydrogen-bond donors (Lipinski definition) is 1. The highest BCUT2D eigenvalue weighted by Crippen LogP contribution is 2.30. The number of piperazine rings is 1. The van der Waals surface area contributed by atoms with E-state index >= 15 is 0 Å². The minimum atomic E-state index is -1.27. The quantitative estimate of drug-likeness (QED) is 0.809. The van der Waals surface area contributed by atoms with E-state index in [2.05, 4.69) is 5.32 Å². The molecule has 1 saturated heterocycles. The van der Waals surface area contributed by atoms with Gasteiger partial charge in [0.1, 0.15) is 11.2 Å². The molecule has 1 heterocycles. The molecular weight excluding hydrogens is 358 g/mol. The highest BCUT2D eigenvalue weighted by molar-refractivity contribution is 6.31. The first kappa shape index (κ1) is 20.0. The van der Waals surface area contributed by atoms with Gasteiger partial charge in [0.15, 0.2) is 0 Å². The molecule has 0 radical (unpaired) electrons. The number of hydrogen-bond acceptors (Lipinski definition) is 4. The molecule has 7 nitrogen and oxygen atoms in total. The van der Waals surface area contributed by atoms with Crippen molar-refractivity contribution >= 4 is 35.0 Å². The van der Waals surface area contributed by atoms with Crippen LogP contribution in [0.25, 0.3) is 0 Å². The van der Waals surface area contributed by atoms with E-state index in [4.69, 9.17) is 16.3 Å². The third kappa shape index (κ3) is 4.27. The number of amides is 3. The van der Waals surface area contributed by atoms with Crippen LogP contribution < -0.4 is 10.1 Å². The Hall–Kier alpha value is -2.28. The van der Waals surface area contributed by atoms with Crippen molar-refractivity contribution < 1.29 is 19.1 Å². The normalized spacial score (nSPS) is 14.8. The van der Waals surface area contributed by atoms with Gasteiger partial charge < -0.3 is 19.9 Å². The Morgan fingerprint density at radius 1 is 1.12 bits per heavy atom. The summed E-state index contributed by atoms with van der Waals surface area (Å²) in [6.45, 7) is 6.44. The van der Waals surface area contributed by atoms with Crippen LogP contribution in [0.3, 0.4) is 0 Å². The van der Waals surface area contributed by atoms with Crippen molar-refractivity contribution in [2.24, 2.45) is 5.41 Å². The van der Waals surface area contributed by atoms with Crippen LogP contribution in [-0.4, -0.2) is 60.8 Å². The molecule has 1 N–H and O–H groups in total. The highest BCUT2D eigenvalue weighted by atomic mass is 35.5. The van der Waals surface area contributed by atoms with E-state index in [1.165, 1.54) is 14.0 Å². The first-order valence-electron chi connectivity index (χ1n) is 8.36. The zero-order valence-electron chi connectivity index (χ0n) is 15.5. The van der Waals surface area contributed by atoms with Crippen LogP contribution in [0.1, 0.15) is 20.8 Å². The van der Waals surface area contributed by atoms with Gasteiger partial charge in [0, 0.05) is 38.1 Å². The number of anilines is 1. The number of carbonyl (C=O) groups is 3. The van der Waals surface area contributed by atoms with E-state index in [0.29, 0.717) is 42.6 Å². The molecule has 1 fully saturated rings. The van der Waals surface area contributed by atoms with Gasteiger partial charge in [0.2, 0.25) is 17.7 Å². The smallest absolute Gasteiger partial charge is 0.239 e. The number of nitrogens with one attached hydrogen (secondary N) is 1. The maximum absolute atomic E-state index is 12.9. The molecule has 0 aliphatic carbocycles. The fourth-order valence-corrected chi connectivity index (χ4v) is 2.95. The van der Waals surface area contributed by atoms with E-state index in [1.807, 2.05) is 0 Å². The van der Waals surface area contributed by atoms with Gasteiger partial charge in [-0.25, -0.2) is 0 Å². The Labute approximate surface area is 158 Å². The highest BCUT2D eigenvalue weighted by Gasteiger charge is 2.40. The lowest BCUT2D eigenvalue weighted by molar-refractivity contribution is -0.149. The third-order valence-corrected chi connectivity index (χ3v) is 4.76. The molecule has 2 rings (SSSR count). The van der Waals surface area contributed by atoms with E-state index in [0.717, 1.165) is 0 Å². The summed E-state index contributed by atoms with van der Waals surface area (Å²) in [4.78, 5) is 40.3. The molecular formula is C18H24ClN3O4. The topological polar surface area (TPSA) is 79.0 Å². The summed E-state index contributed by atoms with van der Waals surface area (Å²) < 4.78 is 5.22. The Morgan fingerprint density at radius 3 is 2.23 bits per heavy atom. The maximum atomic E-state index is 12.9. The lowest BCUT2D eigenvalue weighted by Crippen LogP contribution is -2.55. The van der Waals surface area contributed by atoms with Gasteiger partial charge in [-0.2, -0.15) is 0 Å². The van der Waals surface area contributed by atoms with Crippen molar-refractivity contribution in [3.8, 4) is 5.75 Å². The first-order valence-corrected chi connectivity index (χ1v) is 8.74. The van der Waals surface area contributed by atoms with E-state index in [9.17, 15) is 14.4 Å². The Kier molecular flexibility index (Phi) is 6.13. The lowest BCUT2D eigenvalue weighted by Gasteiger charge is -2.37. The second-order valence-electron chi connectivity index (χ2n) is 6.72. The SMILES string of the molecule is COc1ccc(Cl)cc1NC(=O)C(C)(C)C(=O)N1CCN(C(C)=O)CC1. The van der Waals surface area contributed by atoms with E-state index in [-0.39, 0.29) is 11.8 Å². The molecule has 0 aromatic heterocycles. The standard InChI is InChI=1S/C18H24ClN3O4/c1-12(23)21-7-9-22(10-8-21)17(25)18(2,3)16(24)20-14-11-13(19)5-6-15(14)26-4/h5-6,11H,7-10H2,1-4H3,(H,20,24). The summed E-state index contributed by atoms with van der Waals surface area (Å²) in [5.74, 6) is -0.278. The summed E-state index contributed by atoms with van der Waals surface area (Å²) in [5.41, 5.74) is -0.863. The van der Waals surface area contributed by atoms with Crippen LogP contribution >= 0.6 is 11.6 Å². The molecule has 3 amide bonds. The largest absolute Gasteiger partial charge is 0.495 e. The lowest BCUT2D eigenvalue weighted by atomic mass is 9.89. The Bertz CT molecular complexity index is 712. The van der Waals surface area contributed by atoms with Crippen molar-refractivity contribution in [1.82, 2.24) is 9.80 Å². The summed E-state index contributed by atoms with van der Waals surface area (Å²) in [6, 6.07) is 4.87. The number of halogens is 1. The van der Waals surface area contributed by atoms with Crippen LogP contribution in [0.15, 0.2) is 18.2 Å². The molecule has 0 atom stereocenters. The average molecular weight is 382 g/mol. The van der Waals surface area contributed by atoms with Crippen molar-refractivity contribution in [3.63, 3.8) is 0 Å². The molecule has 1 aliphatic heterocycles. The fourth-order valence-electron chi connectivity index (χ4n) is 2.77. The number of methoxy groups -OCH3 is 1. The van der Waals surface area contributed by atoms with Crippen molar-refractivity contribution in [2.45, 2.75) is 20.8 Å². The van der Waals surface area contributed by atoms with Crippen LogP contribution in [0.4, 0.5) is 5.69 Å². The van der Waals surface area contributed by atoms with Crippen LogP contribution in [0.2, 0.25) is 5.02 Å². The molecule has 1 aromatic carbocycles. The third-order valence-electron chi connectivity index (χ3n) is 4.52. The number of rotatable bonds is 4. The van der Waals surface area contributed by atoms with Gasteiger partial charge in [-0.05, 0) is 32.0 Å². The van der Waals surface area contributed by atoms with E-state index < -0.39 is 11.3 Å². The minimum Gasteiger partial charge on any atom is -0.495 e. The number of carbonyl (C=O) groups excluding carboxylic acids is 3. The average Bonchev–Trinajstić information content (AvgIpc) is 2.61. The minimum absolute atomic E-state index is 0.0119. The zero-order valence-corrected chi connectivity index (χ0v) is 16.2. The fraction of sp³-hybridized carbons (Fsp3) is 0.500. The van der Waals surface area contributed by atoms with Crippen molar-refractivity contribution in [3.05, 3.63) is 23.2 Å². The molecule has 0 bridgehead atoms. The second kappa shape index (κ2) is 7.95. The number of benzene rings is 1. The van der Waals surface area contributed by atoms with Crippen LogP contribution in [0.5, 0.6) is 5.75 Å². The Balaban J connectivity index is 2.09. The number of ether oxygens (including phenoxy) is 1. The molecule has 8 heteroatoms. The summed E-state index contributed by atoms with van der Waals surface area (Å²) in [7, 11) is 1.49. The molecule has 0 unspecified atom stereocenters. The summed E-state index contributed by atoms with van der Waals surface area (Å²) in [5, 5.41) is 3.18. The first-order chi connectivity index (χ1) is 12.2. The predicted molar refractivity (Wildman–Crippen MR) is 99.2 cm³/mol. The molecule has 1 aliphatic rings. The van der Waals surface area contributed by atoms with Gasteiger partial charge in [-0.15, -0.1) is 0 Å². The van der Waals surface area contributed by atoms with Gasteiger partial charge in [-0.3, -0.25) is 14.4 Å². The summed E-state index contributed by atoms with van der Waals surface area (Å²) in [6.07, 6.45) is 0. The second-order valence-corrected chi connectivity index (χ2v) is 7.16. The maximum Gasteiger partial charge on any atom is 0.239 e. The number of nitrogens with zero attached hydrogens (tertiary/aromatic N) is 2. The van der Waals surface area contributed by atoms with Gasteiger partial charge in [-0.1, -0.05) is 11.6 Å². The van der Waals surface area contributed by atoms with E-state index in [1.54, 1.807) is 41.8 Å². The summed E-state index contributed by atoms with van der Waals surface area (Å²) >= 11 is 5.98. The van der Waals surface area contributed by atoms with Crippen molar-refractivity contribution in [2.75, 3.05) is 38.6 Å². The zero-order chi connectivity index (χ0) is 19.5. The van der Waals surface area contributed by atoms with Crippen LogP contribution in [-0.2, 0) is 14.4 Å². The molecule has 0 spiro atoms. The van der Waals surface area contributed by atoms with Crippen LogP contribution in [0, 0.1) is 5.41 Å².